The van der Waals surface area contributed by atoms with Gasteiger partial charge in [0.15, 0.2) is 23.9 Å². The van der Waals surface area contributed by atoms with Gasteiger partial charge in [-0.05, 0) is 42.5 Å². The molecule has 1 aliphatic carbocycles. The molecule has 176 valence electrons. The molecular weight excluding hydrogens is 464 g/mol. The minimum absolute atomic E-state index is 0.00703. The van der Waals surface area contributed by atoms with E-state index in [4.69, 9.17) is 0 Å². The van der Waals surface area contributed by atoms with Crippen LogP contribution in [0.25, 0.3) is 0 Å². The third kappa shape index (κ3) is 5.53. The van der Waals surface area contributed by atoms with Gasteiger partial charge in [0.1, 0.15) is 5.01 Å². The van der Waals surface area contributed by atoms with Gasteiger partial charge in [-0.15, -0.1) is 11.3 Å². The second-order valence-corrected chi connectivity index (χ2v) is 8.73. The number of nitrogens with zero attached hydrogens (tertiary/aromatic N) is 2. The minimum atomic E-state index is -3.23. The number of hydrogen-bond donors (Lipinski definition) is 1. The van der Waals surface area contributed by atoms with Crippen molar-refractivity contribution in [2.24, 2.45) is 0 Å². The number of ether oxygens (including phenoxy) is 2. The van der Waals surface area contributed by atoms with E-state index in [-0.39, 0.29) is 5.92 Å². The van der Waals surface area contributed by atoms with Gasteiger partial charge in [0.25, 0.3) is 0 Å². The summed E-state index contributed by atoms with van der Waals surface area (Å²) in [6.07, 6.45) is 5.90. The first-order valence-electron chi connectivity index (χ1n) is 10.1. The quantitative estimate of drug-likeness (QED) is 0.273. The fourth-order valence-electron chi connectivity index (χ4n) is 3.73. The van der Waals surface area contributed by atoms with E-state index in [9.17, 15) is 27.9 Å². The van der Waals surface area contributed by atoms with Gasteiger partial charge in [0.05, 0.1) is 6.10 Å². The van der Waals surface area contributed by atoms with Crippen molar-refractivity contribution in [1.29, 1.82) is 0 Å². The van der Waals surface area contributed by atoms with E-state index in [1.54, 1.807) is 18.3 Å². The molecule has 4 rings (SSSR count). The molecule has 1 fully saturated rings. The normalized spacial score (nSPS) is 18.9. The van der Waals surface area contributed by atoms with Gasteiger partial charge >= 0.3 is 13.2 Å². The van der Waals surface area contributed by atoms with Crippen LogP contribution < -0.4 is 14.2 Å². The lowest BCUT2D eigenvalue weighted by molar-refractivity contribution is -0.605. The van der Waals surface area contributed by atoms with Gasteiger partial charge in [0, 0.05) is 35.0 Å². The molecule has 3 aromatic rings. The first-order chi connectivity index (χ1) is 15.8. The monoisotopic (exact) mass is 484 g/mol. The number of aliphatic hydroxyl groups is 1. The summed E-state index contributed by atoms with van der Waals surface area (Å²) in [5.74, 6) is -1.45. The molecule has 2 heterocycles. The number of benzene rings is 1. The summed E-state index contributed by atoms with van der Waals surface area (Å²) in [7, 11) is 0. The maximum Gasteiger partial charge on any atom is 0.387 e. The Hall–Kier alpha value is -2.92. The molecule has 0 aliphatic heterocycles. The van der Waals surface area contributed by atoms with E-state index in [1.165, 1.54) is 35.9 Å². The number of alkyl halides is 4. The van der Waals surface area contributed by atoms with E-state index in [2.05, 4.69) is 14.5 Å². The summed E-state index contributed by atoms with van der Waals surface area (Å²) >= 11 is 1.40. The number of rotatable bonds is 9. The predicted octanol–water partition coefficient (Wildman–Crippen LogP) is 4.59. The van der Waals surface area contributed by atoms with Crippen LogP contribution in [0.3, 0.4) is 0 Å². The van der Waals surface area contributed by atoms with Gasteiger partial charge in [-0.2, -0.15) is 22.3 Å². The van der Waals surface area contributed by atoms with Gasteiger partial charge in [-0.25, -0.2) is 4.98 Å². The lowest BCUT2D eigenvalue weighted by Gasteiger charge is -2.31. The summed E-state index contributed by atoms with van der Waals surface area (Å²) in [5, 5.41) is 22.0. The molecule has 1 saturated carbocycles. The molecule has 6 nitrogen and oxygen atoms in total. The van der Waals surface area contributed by atoms with Gasteiger partial charge in [0.2, 0.25) is 0 Å². The fraction of sp³-hybridized carbons (Fsp3) is 0.364. The van der Waals surface area contributed by atoms with Crippen LogP contribution in [0.5, 0.6) is 11.5 Å². The maximum absolute atomic E-state index is 12.9. The summed E-state index contributed by atoms with van der Waals surface area (Å²) in [6, 6.07) is 7.16. The summed E-state index contributed by atoms with van der Waals surface area (Å²) < 4.78 is 60.7. The molecule has 11 heteroatoms. The van der Waals surface area contributed by atoms with Crippen molar-refractivity contribution in [2.45, 2.75) is 50.4 Å². The molecule has 1 aliphatic rings. The number of thiazole rings is 1. The lowest BCUT2D eigenvalue weighted by Crippen LogP contribution is -2.28. The zero-order valence-corrected chi connectivity index (χ0v) is 17.9. The topological polar surface area (TPSA) is 78.5 Å². The Kier molecular flexibility index (Phi) is 6.99. The smallest absolute Gasteiger partial charge is 0.387 e. The van der Waals surface area contributed by atoms with Crippen LogP contribution in [0.4, 0.5) is 17.6 Å². The average Bonchev–Trinajstić information content (AvgIpc) is 3.21. The second kappa shape index (κ2) is 9.92. The van der Waals surface area contributed by atoms with E-state index >= 15 is 0 Å². The van der Waals surface area contributed by atoms with Crippen molar-refractivity contribution < 1.29 is 36.9 Å². The van der Waals surface area contributed by atoms with Crippen LogP contribution in [0.2, 0.25) is 0 Å². The van der Waals surface area contributed by atoms with Crippen LogP contribution in [0, 0.1) is 5.21 Å². The highest BCUT2D eigenvalue weighted by Crippen LogP contribution is 2.43. The van der Waals surface area contributed by atoms with Crippen molar-refractivity contribution >= 4 is 11.3 Å². The number of halogens is 4. The minimum Gasteiger partial charge on any atom is -0.619 e. The van der Waals surface area contributed by atoms with E-state index in [1.807, 2.05) is 0 Å². The molecule has 0 radical (unpaired) electrons. The Bertz CT molecular complexity index is 1080. The molecular formula is C22H20F4N2O4S. The van der Waals surface area contributed by atoms with Gasteiger partial charge in [-0.1, -0.05) is 6.07 Å². The van der Waals surface area contributed by atoms with E-state index in [0.29, 0.717) is 21.7 Å². The standard InChI is InChI=1S/C22H20F4N2O4S/c23-21(24)31-17-4-1-13(10-18(17)32-22(25)26)15(9-12-5-7-28(30)8-6-12)20-27-11-19(33-20)14-2-3-16(14)29/h1,4-8,10-11,14-16,21-22,29H,2-3,9H2. The third-order valence-corrected chi connectivity index (χ3v) is 6.80. The summed E-state index contributed by atoms with van der Waals surface area (Å²) in [4.78, 5) is 5.42. The average molecular weight is 484 g/mol. The van der Waals surface area contributed by atoms with Gasteiger partial charge in [-0.3, -0.25) is 0 Å². The Morgan fingerprint density at radius 2 is 1.76 bits per heavy atom. The zero-order valence-electron chi connectivity index (χ0n) is 17.1. The predicted molar refractivity (Wildman–Crippen MR) is 111 cm³/mol. The third-order valence-electron chi connectivity index (χ3n) is 5.56. The molecule has 3 atom stereocenters. The summed E-state index contributed by atoms with van der Waals surface area (Å²) in [6.45, 7) is -6.43. The van der Waals surface area contributed by atoms with Crippen molar-refractivity contribution in [1.82, 2.24) is 4.98 Å². The van der Waals surface area contributed by atoms with Crippen LogP contribution in [0.15, 0.2) is 48.9 Å². The lowest BCUT2D eigenvalue weighted by atomic mass is 9.81. The fourth-order valence-corrected chi connectivity index (χ4v) is 4.97. The number of pyridine rings is 1. The number of hydrogen-bond acceptors (Lipinski definition) is 6. The molecule has 0 amide bonds. The van der Waals surface area contributed by atoms with Crippen LogP contribution in [-0.4, -0.2) is 29.4 Å². The first kappa shape index (κ1) is 23.2. The SMILES string of the molecule is [O-][n+]1ccc(CC(c2ccc(OC(F)F)c(OC(F)F)c2)c2ncc(C3CCC3O)s2)cc1. The Balaban J connectivity index is 1.71. The highest BCUT2D eigenvalue weighted by molar-refractivity contribution is 7.11. The van der Waals surface area contributed by atoms with Crippen molar-refractivity contribution in [3.63, 3.8) is 0 Å². The van der Waals surface area contributed by atoms with Gasteiger partial charge < -0.3 is 19.8 Å². The molecule has 0 bridgehead atoms. The van der Waals surface area contributed by atoms with Crippen LogP contribution in [-0.2, 0) is 6.42 Å². The Morgan fingerprint density at radius 1 is 1.06 bits per heavy atom. The first-order valence-corrected chi connectivity index (χ1v) is 11.0. The largest absolute Gasteiger partial charge is 0.619 e. The van der Waals surface area contributed by atoms with Crippen molar-refractivity contribution in [3.05, 3.63) is 75.1 Å². The van der Waals surface area contributed by atoms with Crippen LogP contribution in [0.1, 0.15) is 45.7 Å². The molecule has 0 saturated heterocycles. The van der Waals surface area contributed by atoms with E-state index in [0.717, 1.165) is 29.3 Å². The Labute approximate surface area is 190 Å². The molecule has 1 N–H and O–H groups in total. The zero-order chi connectivity index (χ0) is 23.5. The molecule has 3 unspecified atom stereocenters. The molecule has 1 aromatic carbocycles. The summed E-state index contributed by atoms with van der Waals surface area (Å²) in [5.41, 5.74) is 1.29. The van der Waals surface area contributed by atoms with Crippen molar-refractivity contribution in [2.75, 3.05) is 0 Å². The highest BCUT2D eigenvalue weighted by atomic mass is 32.1. The maximum atomic E-state index is 12.9. The highest BCUT2D eigenvalue weighted by Gasteiger charge is 2.33. The molecule has 2 aromatic heterocycles. The van der Waals surface area contributed by atoms with E-state index < -0.39 is 36.7 Å². The second-order valence-electron chi connectivity index (χ2n) is 7.64. The molecule has 33 heavy (non-hydrogen) atoms. The number of aromatic nitrogens is 2. The molecule has 0 spiro atoms. The number of aliphatic hydroxyl groups excluding tert-OH is 1. The van der Waals surface area contributed by atoms with Crippen LogP contribution >= 0.6 is 11.3 Å². The Morgan fingerprint density at radius 3 is 2.36 bits per heavy atom. The van der Waals surface area contributed by atoms with Crippen molar-refractivity contribution in [3.8, 4) is 11.5 Å².